The topological polar surface area (TPSA) is 91.3 Å². The van der Waals surface area contributed by atoms with E-state index in [1.165, 1.54) is 7.85 Å². The number of hydrogen-bond acceptors (Lipinski definition) is 4. The minimum atomic E-state index is -0.767. The van der Waals surface area contributed by atoms with E-state index in [-0.39, 0.29) is 0 Å². The lowest BCUT2D eigenvalue weighted by atomic mass is 10.1. The summed E-state index contributed by atoms with van der Waals surface area (Å²) < 4.78 is 4.85. The van der Waals surface area contributed by atoms with Crippen LogP contribution in [0, 0.1) is 5.41 Å². The molecule has 0 unspecified atom stereocenters. The number of carbonyl (C=O) groups is 2. The molecule has 2 amide bonds. The summed E-state index contributed by atoms with van der Waals surface area (Å²) in [7, 11) is 1.24. The van der Waals surface area contributed by atoms with E-state index in [2.05, 4.69) is 10.6 Å². The van der Waals surface area contributed by atoms with Gasteiger partial charge in [-0.1, -0.05) is 0 Å². The first-order valence-corrected chi connectivity index (χ1v) is 4.07. The van der Waals surface area contributed by atoms with Crippen molar-refractivity contribution in [2.24, 2.45) is 0 Å². The van der Waals surface area contributed by atoms with Crippen LogP contribution in [-0.4, -0.2) is 31.3 Å². The van der Waals surface area contributed by atoms with Gasteiger partial charge in [-0.3, -0.25) is 15.5 Å². The summed E-state index contributed by atoms with van der Waals surface area (Å²) in [6.07, 6.45) is -0.767. The maximum Gasteiger partial charge on any atom is 0.414 e. The zero-order chi connectivity index (χ0) is 11.4. The predicted octanol–water partition coefficient (Wildman–Crippen LogP) is -0.211. The van der Waals surface area contributed by atoms with Gasteiger partial charge in [-0.2, -0.15) is 0 Å². The third kappa shape index (κ3) is 7.14. The molecule has 0 aliphatic heterocycles. The SMILES string of the molecule is BC(=O)NC(=N)NC(=O)OC(C)(C)C. The van der Waals surface area contributed by atoms with Gasteiger partial charge < -0.3 is 10.1 Å². The molecule has 14 heavy (non-hydrogen) atoms. The quantitative estimate of drug-likeness (QED) is 0.286. The smallest absolute Gasteiger partial charge is 0.414 e. The molecule has 0 saturated heterocycles. The Hall–Kier alpha value is -1.53. The summed E-state index contributed by atoms with van der Waals surface area (Å²) in [5, 5.41) is 11.3. The van der Waals surface area contributed by atoms with E-state index >= 15 is 0 Å². The van der Waals surface area contributed by atoms with E-state index in [1.54, 1.807) is 20.8 Å². The average Bonchev–Trinajstić information content (AvgIpc) is 1.77. The van der Waals surface area contributed by atoms with Gasteiger partial charge >= 0.3 is 6.09 Å². The zero-order valence-electron chi connectivity index (χ0n) is 8.72. The molecule has 0 atom stereocenters. The summed E-state index contributed by atoms with van der Waals surface area (Å²) >= 11 is 0. The Morgan fingerprint density at radius 3 is 2.14 bits per heavy atom. The van der Waals surface area contributed by atoms with Gasteiger partial charge in [-0.15, -0.1) is 0 Å². The number of carbonyl (C=O) groups excluding carboxylic acids is 2. The monoisotopic (exact) mass is 199 g/mol. The van der Waals surface area contributed by atoms with Crippen LogP contribution >= 0.6 is 0 Å². The Morgan fingerprint density at radius 2 is 1.79 bits per heavy atom. The lowest BCUT2D eigenvalue weighted by molar-refractivity contribution is 0.0561. The summed E-state index contributed by atoms with van der Waals surface area (Å²) in [6, 6.07) is 0. The molecule has 0 aromatic carbocycles. The van der Waals surface area contributed by atoms with E-state index < -0.39 is 23.5 Å². The normalized spacial score (nSPS) is 10.2. The van der Waals surface area contributed by atoms with Crippen molar-refractivity contribution in [3.63, 3.8) is 0 Å². The lowest BCUT2D eigenvalue weighted by Gasteiger charge is -2.19. The molecule has 0 radical (unpaired) electrons. The number of hydrogen-bond donors (Lipinski definition) is 3. The predicted molar refractivity (Wildman–Crippen MR) is 54.2 cm³/mol. The van der Waals surface area contributed by atoms with Gasteiger partial charge in [0.1, 0.15) is 5.60 Å². The molecule has 0 aromatic heterocycles. The van der Waals surface area contributed by atoms with Gasteiger partial charge in [-0.25, -0.2) is 4.79 Å². The fraction of sp³-hybridized carbons (Fsp3) is 0.571. The molecular formula is C7H14BN3O3. The van der Waals surface area contributed by atoms with Crippen LogP contribution in [0.5, 0.6) is 0 Å². The van der Waals surface area contributed by atoms with Crippen LogP contribution in [0.15, 0.2) is 0 Å². The third-order valence-corrected chi connectivity index (χ3v) is 0.927. The molecule has 78 valence electrons. The Kier molecular flexibility index (Phi) is 4.13. The highest BCUT2D eigenvalue weighted by Gasteiger charge is 2.16. The largest absolute Gasteiger partial charge is 0.444 e. The van der Waals surface area contributed by atoms with Gasteiger partial charge in [0.15, 0.2) is 5.81 Å². The third-order valence-electron chi connectivity index (χ3n) is 0.927. The van der Waals surface area contributed by atoms with Crippen molar-refractivity contribution in [1.29, 1.82) is 5.41 Å². The van der Waals surface area contributed by atoms with Crippen molar-refractivity contribution >= 4 is 25.7 Å². The van der Waals surface area contributed by atoms with Gasteiger partial charge in [0.05, 0.1) is 0 Å². The van der Waals surface area contributed by atoms with Crippen LogP contribution in [0.4, 0.5) is 9.59 Å². The lowest BCUT2D eigenvalue weighted by Crippen LogP contribution is -2.44. The Balaban J connectivity index is 3.96. The molecule has 0 aliphatic rings. The zero-order valence-corrected chi connectivity index (χ0v) is 8.72. The summed E-state index contributed by atoms with van der Waals surface area (Å²) in [5.41, 5.74) is -0.624. The molecule has 3 N–H and O–H groups in total. The molecule has 0 spiro atoms. The molecule has 0 rings (SSSR count). The second-order valence-corrected chi connectivity index (χ2v) is 3.68. The average molecular weight is 199 g/mol. The number of guanidine groups is 1. The van der Waals surface area contributed by atoms with E-state index in [9.17, 15) is 9.59 Å². The van der Waals surface area contributed by atoms with Gasteiger partial charge in [0.25, 0.3) is 0 Å². The molecule has 6 nitrogen and oxygen atoms in total. The van der Waals surface area contributed by atoms with E-state index in [0.717, 1.165) is 0 Å². The molecule has 0 heterocycles. The van der Waals surface area contributed by atoms with Gasteiger partial charge in [0.2, 0.25) is 13.8 Å². The van der Waals surface area contributed by atoms with Gasteiger partial charge in [-0.05, 0) is 20.8 Å². The fourth-order valence-corrected chi connectivity index (χ4v) is 0.613. The van der Waals surface area contributed by atoms with Crippen LogP contribution in [-0.2, 0) is 4.74 Å². The van der Waals surface area contributed by atoms with Crippen LogP contribution in [0.1, 0.15) is 20.8 Å². The molecule has 7 heteroatoms. The van der Waals surface area contributed by atoms with Crippen molar-refractivity contribution in [2.45, 2.75) is 26.4 Å². The summed E-state index contributed by atoms with van der Waals surface area (Å²) in [4.78, 5) is 21.5. The first kappa shape index (κ1) is 12.5. The number of nitrogens with one attached hydrogen (secondary N) is 3. The molecular weight excluding hydrogens is 185 g/mol. The first-order chi connectivity index (χ1) is 6.20. The Morgan fingerprint density at radius 1 is 1.29 bits per heavy atom. The molecule has 0 bridgehead atoms. The van der Waals surface area contributed by atoms with Crippen molar-refractivity contribution in [1.82, 2.24) is 10.6 Å². The van der Waals surface area contributed by atoms with E-state index in [0.29, 0.717) is 0 Å². The molecule has 0 saturated carbocycles. The molecule has 0 aliphatic carbocycles. The highest BCUT2D eigenvalue weighted by molar-refractivity contribution is 6.58. The Labute approximate surface area is 83.3 Å². The number of amides is 2. The minimum Gasteiger partial charge on any atom is -0.444 e. The van der Waals surface area contributed by atoms with Crippen LogP contribution < -0.4 is 10.6 Å². The maximum atomic E-state index is 11.0. The van der Waals surface area contributed by atoms with Crippen molar-refractivity contribution in [2.75, 3.05) is 0 Å². The summed E-state index contributed by atoms with van der Waals surface area (Å²) in [6.45, 7) is 5.11. The highest BCUT2D eigenvalue weighted by Crippen LogP contribution is 2.05. The number of alkyl carbamates (subject to hydrolysis) is 1. The standard InChI is InChI=1S/C7H14BN3O3/c1-7(2,3)14-6(13)11-5(9)10-4(8)12/h8H2,1-3H3,(H3,9,10,11,12,13). The molecule has 0 fully saturated rings. The highest BCUT2D eigenvalue weighted by atomic mass is 16.6. The first-order valence-electron chi connectivity index (χ1n) is 4.07. The molecule has 0 aromatic rings. The minimum absolute atomic E-state index is 0.397. The van der Waals surface area contributed by atoms with E-state index in [1.807, 2.05) is 0 Å². The van der Waals surface area contributed by atoms with Gasteiger partial charge in [0, 0.05) is 0 Å². The van der Waals surface area contributed by atoms with Crippen LogP contribution in [0.3, 0.4) is 0 Å². The fourth-order valence-electron chi connectivity index (χ4n) is 0.613. The van der Waals surface area contributed by atoms with E-state index in [4.69, 9.17) is 10.1 Å². The number of rotatable bonds is 0. The van der Waals surface area contributed by atoms with Crippen molar-refractivity contribution < 1.29 is 14.3 Å². The summed E-state index contributed by atoms with van der Waals surface area (Å²) in [5.74, 6) is -0.821. The number of ether oxygens (including phenoxy) is 1. The maximum absolute atomic E-state index is 11.0. The Bertz CT molecular complexity index is 259. The van der Waals surface area contributed by atoms with Crippen LogP contribution in [0.2, 0.25) is 0 Å². The van der Waals surface area contributed by atoms with Crippen molar-refractivity contribution in [3.05, 3.63) is 0 Å². The second kappa shape index (κ2) is 4.64. The second-order valence-electron chi connectivity index (χ2n) is 3.68. The van der Waals surface area contributed by atoms with Crippen LogP contribution in [0.25, 0.3) is 0 Å². The van der Waals surface area contributed by atoms with Crippen molar-refractivity contribution in [3.8, 4) is 0 Å².